The molecule has 15 heavy (non-hydrogen) atoms. The quantitative estimate of drug-likeness (QED) is 0.708. The minimum atomic E-state index is 0.383. The fourth-order valence-corrected chi connectivity index (χ4v) is 2.43. The maximum Gasteiger partial charge on any atom is 0.0460 e. The molecule has 2 rings (SSSR count). The maximum atomic E-state index is 9.03. The summed E-state index contributed by atoms with van der Waals surface area (Å²) in [7, 11) is 0. The van der Waals surface area contributed by atoms with E-state index in [0.717, 1.165) is 12.6 Å². The van der Waals surface area contributed by atoms with Gasteiger partial charge in [-0.15, -0.1) is 0 Å². The zero-order chi connectivity index (χ0) is 10.5. The molecule has 0 aromatic rings. The first-order chi connectivity index (χ1) is 7.38. The SMILES string of the molecule is OCC1CCN(CCNC2CCC2)CC1. The van der Waals surface area contributed by atoms with Crippen LogP contribution in [-0.2, 0) is 0 Å². The average molecular weight is 212 g/mol. The third kappa shape index (κ3) is 3.44. The Bertz CT molecular complexity index is 174. The average Bonchev–Trinajstić information content (AvgIpc) is 2.23. The van der Waals surface area contributed by atoms with Crippen LogP contribution in [0.1, 0.15) is 32.1 Å². The number of likely N-dealkylation sites (tertiary alicyclic amines) is 1. The van der Waals surface area contributed by atoms with Crippen LogP contribution < -0.4 is 5.32 Å². The molecule has 1 saturated heterocycles. The molecule has 0 unspecified atom stereocenters. The van der Waals surface area contributed by atoms with Crippen molar-refractivity contribution >= 4 is 0 Å². The molecule has 3 nitrogen and oxygen atoms in total. The lowest BCUT2D eigenvalue weighted by molar-refractivity contribution is 0.130. The van der Waals surface area contributed by atoms with Crippen molar-refractivity contribution in [3.63, 3.8) is 0 Å². The minimum Gasteiger partial charge on any atom is -0.396 e. The number of nitrogens with one attached hydrogen (secondary N) is 1. The Kier molecular flexibility index (Phi) is 4.42. The first-order valence-corrected chi connectivity index (χ1v) is 6.45. The third-order valence-corrected chi connectivity index (χ3v) is 3.93. The fraction of sp³-hybridized carbons (Fsp3) is 1.00. The molecule has 1 saturated carbocycles. The third-order valence-electron chi connectivity index (χ3n) is 3.93. The van der Waals surface area contributed by atoms with Crippen LogP contribution in [-0.4, -0.2) is 48.8 Å². The summed E-state index contributed by atoms with van der Waals surface area (Å²) in [6.07, 6.45) is 6.54. The van der Waals surface area contributed by atoms with E-state index in [1.165, 1.54) is 51.7 Å². The second kappa shape index (κ2) is 5.83. The molecule has 3 heteroatoms. The van der Waals surface area contributed by atoms with E-state index in [2.05, 4.69) is 10.2 Å². The van der Waals surface area contributed by atoms with Crippen LogP contribution in [0.25, 0.3) is 0 Å². The Morgan fingerprint density at radius 1 is 1.13 bits per heavy atom. The van der Waals surface area contributed by atoms with Gasteiger partial charge in [-0.25, -0.2) is 0 Å². The Morgan fingerprint density at radius 3 is 2.40 bits per heavy atom. The Balaban J connectivity index is 1.52. The lowest BCUT2D eigenvalue weighted by atomic mass is 9.93. The van der Waals surface area contributed by atoms with Gasteiger partial charge in [0, 0.05) is 25.7 Å². The highest BCUT2D eigenvalue weighted by Crippen LogP contribution is 2.18. The van der Waals surface area contributed by atoms with Crippen LogP contribution in [0.4, 0.5) is 0 Å². The molecule has 0 atom stereocenters. The first-order valence-electron chi connectivity index (χ1n) is 6.45. The molecular formula is C12H24N2O. The highest BCUT2D eigenvalue weighted by molar-refractivity contribution is 4.77. The monoisotopic (exact) mass is 212 g/mol. The van der Waals surface area contributed by atoms with Gasteiger partial charge in [0.25, 0.3) is 0 Å². The molecule has 1 heterocycles. The van der Waals surface area contributed by atoms with Gasteiger partial charge < -0.3 is 15.3 Å². The molecule has 88 valence electrons. The normalized spacial score (nSPS) is 25.4. The van der Waals surface area contributed by atoms with E-state index >= 15 is 0 Å². The lowest BCUT2D eigenvalue weighted by Crippen LogP contribution is -2.43. The summed E-state index contributed by atoms with van der Waals surface area (Å²) < 4.78 is 0. The van der Waals surface area contributed by atoms with Crippen LogP contribution in [0, 0.1) is 5.92 Å². The van der Waals surface area contributed by atoms with Crippen molar-refractivity contribution in [1.82, 2.24) is 10.2 Å². The van der Waals surface area contributed by atoms with Crippen molar-refractivity contribution < 1.29 is 5.11 Å². The Morgan fingerprint density at radius 2 is 1.87 bits per heavy atom. The van der Waals surface area contributed by atoms with Gasteiger partial charge in [0.2, 0.25) is 0 Å². The van der Waals surface area contributed by atoms with Gasteiger partial charge in [-0.05, 0) is 44.7 Å². The first kappa shape index (κ1) is 11.4. The van der Waals surface area contributed by atoms with E-state index in [0.29, 0.717) is 12.5 Å². The predicted octanol–water partition coefficient (Wildman–Crippen LogP) is 0.833. The molecule has 0 bridgehead atoms. The van der Waals surface area contributed by atoms with Crippen molar-refractivity contribution in [2.45, 2.75) is 38.1 Å². The van der Waals surface area contributed by atoms with Gasteiger partial charge in [0.05, 0.1) is 0 Å². The number of hydrogen-bond acceptors (Lipinski definition) is 3. The molecule has 1 aliphatic heterocycles. The van der Waals surface area contributed by atoms with Gasteiger partial charge >= 0.3 is 0 Å². The summed E-state index contributed by atoms with van der Waals surface area (Å²) in [5, 5.41) is 12.6. The van der Waals surface area contributed by atoms with E-state index in [1.54, 1.807) is 0 Å². The number of piperidine rings is 1. The summed E-state index contributed by atoms with van der Waals surface area (Å²) >= 11 is 0. The number of rotatable bonds is 5. The Labute approximate surface area is 92.8 Å². The molecule has 2 fully saturated rings. The topological polar surface area (TPSA) is 35.5 Å². The smallest absolute Gasteiger partial charge is 0.0460 e. The van der Waals surface area contributed by atoms with Gasteiger partial charge in [-0.3, -0.25) is 0 Å². The number of aliphatic hydroxyl groups excluding tert-OH is 1. The van der Waals surface area contributed by atoms with Crippen LogP contribution >= 0.6 is 0 Å². The number of aliphatic hydroxyl groups is 1. The molecule has 0 radical (unpaired) electrons. The molecule has 1 aliphatic carbocycles. The molecule has 0 aromatic carbocycles. The predicted molar refractivity (Wildman–Crippen MR) is 61.9 cm³/mol. The van der Waals surface area contributed by atoms with E-state index in [9.17, 15) is 0 Å². The second-order valence-corrected chi connectivity index (χ2v) is 5.05. The summed E-state index contributed by atoms with van der Waals surface area (Å²) in [6, 6.07) is 0.819. The zero-order valence-corrected chi connectivity index (χ0v) is 9.62. The van der Waals surface area contributed by atoms with Crippen LogP contribution in [0.3, 0.4) is 0 Å². The maximum absolute atomic E-state index is 9.03. The molecule has 0 amide bonds. The Hall–Kier alpha value is -0.120. The van der Waals surface area contributed by atoms with Gasteiger partial charge in [0.15, 0.2) is 0 Å². The highest BCUT2D eigenvalue weighted by atomic mass is 16.3. The number of hydrogen-bond donors (Lipinski definition) is 2. The summed E-state index contributed by atoms with van der Waals surface area (Å²) in [6.45, 7) is 5.08. The van der Waals surface area contributed by atoms with E-state index in [4.69, 9.17) is 5.11 Å². The molecule has 0 spiro atoms. The summed E-state index contributed by atoms with van der Waals surface area (Å²) in [4.78, 5) is 2.53. The minimum absolute atomic E-state index is 0.383. The summed E-state index contributed by atoms with van der Waals surface area (Å²) in [5.41, 5.74) is 0. The summed E-state index contributed by atoms with van der Waals surface area (Å²) in [5.74, 6) is 0.570. The van der Waals surface area contributed by atoms with E-state index in [-0.39, 0.29) is 0 Å². The van der Waals surface area contributed by atoms with Gasteiger partial charge in [-0.2, -0.15) is 0 Å². The fourth-order valence-electron chi connectivity index (χ4n) is 2.43. The van der Waals surface area contributed by atoms with Gasteiger partial charge in [-0.1, -0.05) is 6.42 Å². The molecule has 0 aromatic heterocycles. The molecular weight excluding hydrogens is 188 g/mol. The van der Waals surface area contributed by atoms with Crippen LogP contribution in [0.2, 0.25) is 0 Å². The van der Waals surface area contributed by atoms with Gasteiger partial charge in [0.1, 0.15) is 0 Å². The zero-order valence-electron chi connectivity index (χ0n) is 9.62. The second-order valence-electron chi connectivity index (χ2n) is 5.05. The van der Waals surface area contributed by atoms with Crippen molar-refractivity contribution in [3.05, 3.63) is 0 Å². The largest absolute Gasteiger partial charge is 0.396 e. The van der Waals surface area contributed by atoms with Crippen molar-refractivity contribution in [2.24, 2.45) is 5.92 Å². The van der Waals surface area contributed by atoms with Crippen molar-refractivity contribution in [2.75, 3.05) is 32.8 Å². The molecule has 2 N–H and O–H groups in total. The van der Waals surface area contributed by atoms with Crippen molar-refractivity contribution in [3.8, 4) is 0 Å². The molecule has 2 aliphatic rings. The van der Waals surface area contributed by atoms with Crippen LogP contribution in [0.5, 0.6) is 0 Å². The van der Waals surface area contributed by atoms with E-state index < -0.39 is 0 Å². The van der Waals surface area contributed by atoms with E-state index in [1.807, 2.05) is 0 Å². The lowest BCUT2D eigenvalue weighted by Gasteiger charge is -2.32. The highest BCUT2D eigenvalue weighted by Gasteiger charge is 2.19. The van der Waals surface area contributed by atoms with Crippen LogP contribution in [0.15, 0.2) is 0 Å². The standard InChI is InChI=1S/C12H24N2O/c15-10-11-4-7-14(8-5-11)9-6-13-12-2-1-3-12/h11-13,15H,1-10H2. The number of nitrogens with zero attached hydrogens (tertiary/aromatic N) is 1. The van der Waals surface area contributed by atoms with Crippen molar-refractivity contribution in [1.29, 1.82) is 0 Å².